The summed E-state index contributed by atoms with van der Waals surface area (Å²) in [6.07, 6.45) is 6.02. The van der Waals surface area contributed by atoms with Gasteiger partial charge in [-0.15, -0.1) is 0 Å². The first-order valence-corrected chi connectivity index (χ1v) is 12.3. The molecule has 0 bridgehead atoms. The molecule has 1 amide bonds. The quantitative estimate of drug-likeness (QED) is 0.291. The van der Waals surface area contributed by atoms with Crippen molar-refractivity contribution in [3.8, 4) is 5.69 Å². The summed E-state index contributed by atoms with van der Waals surface area (Å²) < 4.78 is 3.64. The third kappa shape index (κ3) is 4.14. The number of amides is 1. The van der Waals surface area contributed by atoms with Gasteiger partial charge in [-0.2, -0.15) is 10.2 Å². The summed E-state index contributed by atoms with van der Waals surface area (Å²) in [5.41, 5.74) is 11.5. The minimum atomic E-state index is -0.263. The molecular weight excluding hydrogens is 460 g/mol. The Bertz CT molecular complexity index is 1450. The zero-order valence-corrected chi connectivity index (χ0v) is 20.4. The number of pyridine rings is 1. The molecule has 0 radical (unpaired) electrons. The lowest BCUT2D eigenvalue weighted by atomic mass is 10.1. The zero-order valence-electron chi connectivity index (χ0n) is 19.6. The standard InChI is InChI=1S/C25H26N8OS/c1-14-20(13-26-32(14)2)28-25(35)30-29-24(34)18-12-19(15-8-9-15)27-23-21(18)22(16-10-11-16)31-33(23)17-6-4-3-5-7-17/h3-7,12-13,15-16H,8-11H2,1-2H3,(H,29,34)(H2,28,30,35). The van der Waals surface area contributed by atoms with Gasteiger partial charge >= 0.3 is 0 Å². The average Bonchev–Trinajstić information content (AvgIpc) is 3.81. The normalized spacial score (nSPS) is 15.3. The van der Waals surface area contributed by atoms with Gasteiger partial charge in [-0.05, 0) is 63.0 Å². The minimum Gasteiger partial charge on any atom is -0.329 e. The minimum absolute atomic E-state index is 0.263. The van der Waals surface area contributed by atoms with Gasteiger partial charge in [0.05, 0.1) is 39.9 Å². The molecule has 2 aliphatic carbocycles. The van der Waals surface area contributed by atoms with Crippen LogP contribution in [0.15, 0.2) is 42.6 Å². The van der Waals surface area contributed by atoms with Crippen LogP contribution < -0.4 is 16.2 Å². The number of anilines is 1. The molecule has 0 aliphatic heterocycles. The molecule has 3 heterocycles. The van der Waals surface area contributed by atoms with Gasteiger partial charge < -0.3 is 5.32 Å². The molecule has 1 aromatic carbocycles. The summed E-state index contributed by atoms with van der Waals surface area (Å²) in [6.45, 7) is 1.94. The fraction of sp³-hybridized carbons (Fsp3) is 0.320. The molecular formula is C25H26N8OS. The van der Waals surface area contributed by atoms with E-state index in [1.165, 1.54) is 0 Å². The number of thiocarbonyl (C=S) groups is 1. The number of hydrogen-bond acceptors (Lipinski definition) is 5. The lowest BCUT2D eigenvalue weighted by molar-refractivity contribution is 0.0945. The van der Waals surface area contributed by atoms with E-state index in [-0.39, 0.29) is 11.0 Å². The number of rotatable bonds is 5. The van der Waals surface area contributed by atoms with Crippen molar-refractivity contribution in [3.05, 3.63) is 65.2 Å². The molecule has 3 aromatic heterocycles. The van der Waals surface area contributed by atoms with E-state index in [4.69, 9.17) is 22.3 Å². The molecule has 6 rings (SSSR count). The summed E-state index contributed by atoms with van der Waals surface area (Å²) in [4.78, 5) is 18.5. The molecule has 35 heavy (non-hydrogen) atoms. The summed E-state index contributed by atoms with van der Waals surface area (Å²) in [5.74, 6) is 0.478. The van der Waals surface area contributed by atoms with Gasteiger partial charge in [-0.25, -0.2) is 9.67 Å². The molecule has 0 atom stereocenters. The second kappa shape index (κ2) is 8.46. The topological polar surface area (TPSA) is 102 Å². The predicted octanol–water partition coefficient (Wildman–Crippen LogP) is 3.85. The van der Waals surface area contributed by atoms with E-state index in [0.29, 0.717) is 17.4 Å². The van der Waals surface area contributed by atoms with Crippen molar-refractivity contribution >= 4 is 40.0 Å². The Morgan fingerprint density at radius 1 is 1.09 bits per heavy atom. The highest BCUT2D eigenvalue weighted by molar-refractivity contribution is 7.80. The summed E-state index contributed by atoms with van der Waals surface area (Å²) in [7, 11) is 1.86. The average molecular weight is 487 g/mol. The second-order valence-corrected chi connectivity index (χ2v) is 9.68. The molecule has 9 nitrogen and oxygen atoms in total. The van der Waals surface area contributed by atoms with E-state index < -0.39 is 0 Å². The van der Waals surface area contributed by atoms with Gasteiger partial charge in [0.2, 0.25) is 0 Å². The molecule has 3 N–H and O–H groups in total. The molecule has 0 saturated heterocycles. The highest BCUT2D eigenvalue weighted by Crippen LogP contribution is 2.45. The first kappa shape index (κ1) is 21.7. The number of carbonyl (C=O) groups excluding carboxylic acids is 1. The Hall–Kier alpha value is -3.79. The number of aromatic nitrogens is 5. The smallest absolute Gasteiger partial charge is 0.270 e. The van der Waals surface area contributed by atoms with E-state index in [2.05, 4.69) is 21.3 Å². The lowest BCUT2D eigenvalue weighted by Gasteiger charge is -2.13. The monoisotopic (exact) mass is 486 g/mol. The van der Waals surface area contributed by atoms with Gasteiger partial charge in [0, 0.05) is 24.6 Å². The van der Waals surface area contributed by atoms with Crippen LogP contribution in [0.2, 0.25) is 0 Å². The molecule has 2 aliphatic rings. The van der Waals surface area contributed by atoms with Crippen LogP contribution >= 0.6 is 12.2 Å². The van der Waals surface area contributed by atoms with Crippen LogP contribution in [0.3, 0.4) is 0 Å². The first-order chi connectivity index (χ1) is 17.0. The largest absolute Gasteiger partial charge is 0.329 e. The number of para-hydroxylation sites is 1. The van der Waals surface area contributed by atoms with Crippen LogP contribution in [0.5, 0.6) is 0 Å². The Morgan fingerprint density at radius 2 is 1.83 bits per heavy atom. The van der Waals surface area contributed by atoms with Crippen molar-refractivity contribution in [2.45, 2.75) is 44.4 Å². The SMILES string of the molecule is Cc1c(NC(=S)NNC(=O)c2cc(C3CC3)nc3c2c(C2CC2)nn3-c2ccccc2)cnn1C. The van der Waals surface area contributed by atoms with Gasteiger partial charge in [0.25, 0.3) is 5.91 Å². The Kier molecular flexibility index (Phi) is 5.25. The van der Waals surface area contributed by atoms with Gasteiger partial charge in [0.15, 0.2) is 10.8 Å². The Balaban J connectivity index is 1.34. The molecule has 178 valence electrons. The third-order valence-electron chi connectivity index (χ3n) is 6.66. The Morgan fingerprint density at radius 3 is 2.49 bits per heavy atom. The second-order valence-electron chi connectivity index (χ2n) is 9.27. The van der Waals surface area contributed by atoms with E-state index >= 15 is 0 Å². The highest BCUT2D eigenvalue weighted by Gasteiger charge is 2.34. The van der Waals surface area contributed by atoms with Crippen LogP contribution in [0, 0.1) is 6.92 Å². The fourth-order valence-electron chi connectivity index (χ4n) is 4.28. The first-order valence-electron chi connectivity index (χ1n) is 11.8. The maximum atomic E-state index is 13.5. The van der Waals surface area contributed by atoms with Crippen molar-refractivity contribution < 1.29 is 4.79 Å². The van der Waals surface area contributed by atoms with Crippen molar-refractivity contribution in [3.63, 3.8) is 0 Å². The maximum Gasteiger partial charge on any atom is 0.270 e. The highest BCUT2D eigenvalue weighted by atomic mass is 32.1. The van der Waals surface area contributed by atoms with Gasteiger partial charge in [0.1, 0.15) is 0 Å². The molecule has 4 aromatic rings. The van der Waals surface area contributed by atoms with E-state index in [1.807, 2.05) is 55.1 Å². The van der Waals surface area contributed by atoms with Crippen LogP contribution in [-0.2, 0) is 7.05 Å². The molecule has 0 unspecified atom stereocenters. The number of nitrogens with one attached hydrogen (secondary N) is 3. The number of fused-ring (bicyclic) bond motifs is 1. The number of benzene rings is 1. The van der Waals surface area contributed by atoms with Crippen LogP contribution in [0.1, 0.15) is 65.0 Å². The van der Waals surface area contributed by atoms with Crippen LogP contribution in [0.4, 0.5) is 5.69 Å². The number of carbonyl (C=O) groups is 1. The van der Waals surface area contributed by atoms with Crippen LogP contribution in [-0.4, -0.2) is 35.6 Å². The molecule has 2 saturated carbocycles. The fourth-order valence-corrected chi connectivity index (χ4v) is 4.44. The Labute approximate surface area is 207 Å². The van der Waals surface area contributed by atoms with Crippen molar-refractivity contribution in [2.24, 2.45) is 7.05 Å². The molecule has 0 spiro atoms. The number of nitrogens with zero attached hydrogens (tertiary/aromatic N) is 5. The van der Waals surface area contributed by atoms with Crippen molar-refractivity contribution in [1.29, 1.82) is 0 Å². The number of hydrogen-bond donors (Lipinski definition) is 3. The lowest BCUT2D eigenvalue weighted by Crippen LogP contribution is -2.44. The van der Waals surface area contributed by atoms with Crippen molar-refractivity contribution in [1.82, 2.24) is 35.4 Å². The van der Waals surface area contributed by atoms with Gasteiger partial charge in [-0.3, -0.25) is 20.3 Å². The summed E-state index contributed by atoms with van der Waals surface area (Å²) in [6, 6.07) is 11.9. The number of hydrazine groups is 1. The third-order valence-corrected chi connectivity index (χ3v) is 6.87. The van der Waals surface area contributed by atoms with Gasteiger partial charge in [-0.1, -0.05) is 18.2 Å². The van der Waals surface area contributed by atoms with E-state index in [0.717, 1.165) is 65.2 Å². The maximum absolute atomic E-state index is 13.5. The predicted molar refractivity (Wildman–Crippen MR) is 138 cm³/mol. The number of aryl methyl sites for hydroxylation is 1. The summed E-state index contributed by atoms with van der Waals surface area (Å²) in [5, 5.41) is 13.3. The van der Waals surface area contributed by atoms with Crippen LogP contribution in [0.25, 0.3) is 16.7 Å². The zero-order chi connectivity index (χ0) is 24.1. The van der Waals surface area contributed by atoms with E-state index in [9.17, 15) is 4.79 Å². The molecule has 10 heteroatoms. The molecule has 2 fully saturated rings. The van der Waals surface area contributed by atoms with Crippen molar-refractivity contribution in [2.75, 3.05) is 5.32 Å². The summed E-state index contributed by atoms with van der Waals surface area (Å²) >= 11 is 5.39. The van der Waals surface area contributed by atoms with E-state index in [1.54, 1.807) is 10.9 Å².